The van der Waals surface area contributed by atoms with Crippen LogP contribution in [0.5, 0.6) is 0 Å². The van der Waals surface area contributed by atoms with Crippen molar-refractivity contribution in [3.63, 3.8) is 0 Å². The van der Waals surface area contributed by atoms with E-state index in [9.17, 15) is 18.5 Å². The SMILES string of the molecule is CCc1cc(N2CCN(S(=O)(=O)c3ccccc3Cl)CC2)nc(-c2ccc([N+](=O)[O-])cc2)n1. The Labute approximate surface area is 196 Å². The van der Waals surface area contributed by atoms with Crippen LogP contribution in [0.3, 0.4) is 0 Å². The van der Waals surface area contributed by atoms with Crippen molar-refractivity contribution in [1.29, 1.82) is 0 Å². The smallest absolute Gasteiger partial charge is 0.269 e. The first-order valence-corrected chi connectivity index (χ1v) is 12.2. The molecule has 3 aromatic rings. The van der Waals surface area contributed by atoms with E-state index in [-0.39, 0.29) is 15.6 Å². The third kappa shape index (κ3) is 4.82. The minimum absolute atomic E-state index is 0.00136. The van der Waals surface area contributed by atoms with Crippen LogP contribution in [0, 0.1) is 10.1 Å². The normalized spacial score (nSPS) is 14.9. The Morgan fingerprint density at radius 3 is 2.30 bits per heavy atom. The van der Waals surface area contributed by atoms with Gasteiger partial charge in [-0.25, -0.2) is 18.4 Å². The largest absolute Gasteiger partial charge is 0.354 e. The van der Waals surface area contributed by atoms with Gasteiger partial charge < -0.3 is 4.90 Å². The Bertz CT molecular complexity index is 1280. The van der Waals surface area contributed by atoms with Gasteiger partial charge in [0, 0.05) is 55.6 Å². The fourth-order valence-electron chi connectivity index (χ4n) is 3.64. The van der Waals surface area contributed by atoms with Gasteiger partial charge in [-0.3, -0.25) is 10.1 Å². The summed E-state index contributed by atoms with van der Waals surface area (Å²) in [5.74, 6) is 1.18. The zero-order chi connectivity index (χ0) is 23.6. The molecule has 0 radical (unpaired) electrons. The second-order valence-corrected chi connectivity index (χ2v) is 9.83. The molecular weight excluding hydrogens is 466 g/mol. The highest BCUT2D eigenvalue weighted by Crippen LogP contribution is 2.27. The summed E-state index contributed by atoms with van der Waals surface area (Å²) in [6.45, 7) is 3.50. The number of nitro groups is 1. The van der Waals surface area contributed by atoms with Gasteiger partial charge in [0.2, 0.25) is 10.0 Å². The number of rotatable bonds is 6. The van der Waals surface area contributed by atoms with Crippen molar-refractivity contribution >= 4 is 33.1 Å². The molecule has 1 aromatic heterocycles. The molecule has 11 heteroatoms. The highest BCUT2D eigenvalue weighted by atomic mass is 35.5. The van der Waals surface area contributed by atoms with E-state index < -0.39 is 14.9 Å². The summed E-state index contributed by atoms with van der Waals surface area (Å²) in [5.41, 5.74) is 1.51. The molecule has 9 nitrogen and oxygen atoms in total. The van der Waals surface area contributed by atoms with Gasteiger partial charge in [-0.05, 0) is 30.7 Å². The zero-order valence-corrected chi connectivity index (χ0v) is 19.5. The lowest BCUT2D eigenvalue weighted by molar-refractivity contribution is -0.384. The number of nitro benzene ring substituents is 1. The number of sulfonamides is 1. The number of benzene rings is 2. The summed E-state index contributed by atoms with van der Waals surface area (Å²) in [6.07, 6.45) is 0.691. The Kier molecular flexibility index (Phi) is 6.59. The Morgan fingerprint density at radius 1 is 1.03 bits per heavy atom. The van der Waals surface area contributed by atoms with Crippen LogP contribution in [0.2, 0.25) is 5.02 Å². The molecule has 0 unspecified atom stereocenters. The summed E-state index contributed by atoms with van der Waals surface area (Å²) >= 11 is 6.12. The first-order chi connectivity index (χ1) is 15.8. The summed E-state index contributed by atoms with van der Waals surface area (Å²) in [5, 5.41) is 11.1. The van der Waals surface area contributed by atoms with Crippen LogP contribution < -0.4 is 4.90 Å². The third-order valence-corrected chi connectivity index (χ3v) is 7.88. The maximum absolute atomic E-state index is 13.0. The van der Waals surface area contributed by atoms with Gasteiger partial charge in [0.25, 0.3) is 5.69 Å². The summed E-state index contributed by atoms with van der Waals surface area (Å²) < 4.78 is 27.5. The van der Waals surface area contributed by atoms with Crippen LogP contribution in [0.15, 0.2) is 59.5 Å². The first kappa shape index (κ1) is 23.1. The molecule has 0 aliphatic carbocycles. The fourth-order valence-corrected chi connectivity index (χ4v) is 5.55. The lowest BCUT2D eigenvalue weighted by Crippen LogP contribution is -2.49. The summed E-state index contributed by atoms with van der Waals surface area (Å²) in [4.78, 5) is 21.8. The second kappa shape index (κ2) is 9.42. The van der Waals surface area contributed by atoms with Crippen molar-refractivity contribution in [3.05, 3.63) is 75.4 Å². The number of hydrogen-bond donors (Lipinski definition) is 0. The predicted molar refractivity (Wildman–Crippen MR) is 126 cm³/mol. The Hall–Kier alpha value is -3.08. The minimum Gasteiger partial charge on any atom is -0.354 e. The number of anilines is 1. The van der Waals surface area contributed by atoms with Gasteiger partial charge in [0.05, 0.1) is 9.95 Å². The molecular formula is C22H22ClN5O4S. The highest BCUT2D eigenvalue weighted by molar-refractivity contribution is 7.89. The van der Waals surface area contributed by atoms with Crippen LogP contribution in [0.25, 0.3) is 11.4 Å². The van der Waals surface area contributed by atoms with Crippen LogP contribution in [-0.4, -0.2) is 53.8 Å². The first-order valence-electron chi connectivity index (χ1n) is 10.4. The number of hydrogen-bond acceptors (Lipinski definition) is 7. The van der Waals surface area contributed by atoms with Crippen LogP contribution in [0.4, 0.5) is 11.5 Å². The molecule has 0 spiro atoms. The van der Waals surface area contributed by atoms with Gasteiger partial charge >= 0.3 is 0 Å². The molecule has 0 N–H and O–H groups in total. The van der Waals surface area contributed by atoms with E-state index in [1.807, 2.05) is 17.9 Å². The van der Waals surface area contributed by atoms with E-state index in [1.165, 1.54) is 22.5 Å². The fraction of sp³-hybridized carbons (Fsp3) is 0.273. The topological polar surface area (TPSA) is 110 Å². The van der Waals surface area contributed by atoms with Gasteiger partial charge in [0.15, 0.2) is 5.82 Å². The quantitative estimate of drug-likeness (QED) is 0.384. The van der Waals surface area contributed by atoms with Crippen molar-refractivity contribution in [3.8, 4) is 11.4 Å². The van der Waals surface area contributed by atoms with E-state index >= 15 is 0 Å². The highest BCUT2D eigenvalue weighted by Gasteiger charge is 2.30. The average Bonchev–Trinajstić information content (AvgIpc) is 2.84. The third-order valence-electron chi connectivity index (χ3n) is 5.48. The molecule has 1 saturated heterocycles. The van der Waals surface area contributed by atoms with E-state index in [1.54, 1.807) is 30.3 Å². The second-order valence-electron chi connectivity index (χ2n) is 7.52. The monoisotopic (exact) mass is 487 g/mol. The van der Waals surface area contributed by atoms with Gasteiger partial charge in [-0.15, -0.1) is 0 Å². The zero-order valence-electron chi connectivity index (χ0n) is 17.9. The predicted octanol–water partition coefficient (Wildman–Crippen LogP) is 3.78. The maximum Gasteiger partial charge on any atom is 0.269 e. The van der Waals surface area contributed by atoms with E-state index in [2.05, 4.69) is 9.97 Å². The van der Waals surface area contributed by atoms with Gasteiger partial charge in [0.1, 0.15) is 10.7 Å². The summed E-state index contributed by atoms with van der Waals surface area (Å²) in [7, 11) is -3.69. The number of non-ortho nitro benzene ring substituents is 1. The van der Waals surface area contributed by atoms with Crippen LogP contribution in [-0.2, 0) is 16.4 Å². The molecule has 2 aromatic carbocycles. The average molecular weight is 488 g/mol. The molecule has 2 heterocycles. The molecule has 0 saturated carbocycles. The van der Waals surface area contributed by atoms with E-state index in [0.717, 1.165) is 5.69 Å². The van der Waals surface area contributed by atoms with E-state index in [4.69, 9.17) is 11.6 Å². The number of piperazine rings is 1. The Morgan fingerprint density at radius 2 is 1.70 bits per heavy atom. The van der Waals surface area contributed by atoms with E-state index in [0.29, 0.717) is 49.8 Å². The molecule has 1 fully saturated rings. The lowest BCUT2D eigenvalue weighted by atomic mass is 10.2. The van der Waals surface area contributed by atoms with Crippen molar-refractivity contribution in [1.82, 2.24) is 14.3 Å². The van der Waals surface area contributed by atoms with Crippen molar-refractivity contribution in [2.75, 3.05) is 31.1 Å². The minimum atomic E-state index is -3.69. The van der Waals surface area contributed by atoms with Crippen molar-refractivity contribution in [2.45, 2.75) is 18.2 Å². The van der Waals surface area contributed by atoms with Gasteiger partial charge in [-0.1, -0.05) is 30.7 Å². The molecule has 0 amide bonds. The number of aryl methyl sites for hydroxylation is 1. The number of halogens is 1. The lowest BCUT2D eigenvalue weighted by Gasteiger charge is -2.35. The number of nitrogens with zero attached hydrogens (tertiary/aromatic N) is 5. The molecule has 33 heavy (non-hydrogen) atoms. The maximum atomic E-state index is 13.0. The standard InChI is InChI=1S/C22H22ClN5O4S/c1-2-17-15-21(25-22(24-17)16-7-9-18(10-8-16)28(29)30)26-11-13-27(14-12-26)33(31,32)20-6-4-3-5-19(20)23/h3-10,15H,2,11-14H2,1H3. The van der Waals surface area contributed by atoms with Crippen LogP contribution >= 0.6 is 11.6 Å². The molecule has 0 bridgehead atoms. The van der Waals surface area contributed by atoms with Crippen LogP contribution in [0.1, 0.15) is 12.6 Å². The molecule has 4 rings (SSSR count). The number of aromatic nitrogens is 2. The molecule has 1 aliphatic heterocycles. The molecule has 0 atom stereocenters. The Balaban J connectivity index is 1.55. The molecule has 172 valence electrons. The van der Waals surface area contributed by atoms with Crippen molar-refractivity contribution < 1.29 is 13.3 Å². The molecule has 1 aliphatic rings. The summed E-state index contributed by atoms with van der Waals surface area (Å²) in [6, 6.07) is 14.4. The van der Waals surface area contributed by atoms with Crippen molar-refractivity contribution in [2.24, 2.45) is 0 Å². The van der Waals surface area contributed by atoms with Gasteiger partial charge in [-0.2, -0.15) is 4.31 Å².